The van der Waals surface area contributed by atoms with Crippen LogP contribution in [0.15, 0.2) is 10.5 Å². The summed E-state index contributed by atoms with van der Waals surface area (Å²) in [5.74, 6) is -0.547. The van der Waals surface area contributed by atoms with Crippen molar-refractivity contribution in [1.82, 2.24) is 4.98 Å². The van der Waals surface area contributed by atoms with Crippen molar-refractivity contribution in [2.45, 2.75) is 45.8 Å². The van der Waals surface area contributed by atoms with Crippen molar-refractivity contribution in [3.63, 3.8) is 0 Å². The number of halogens is 2. The second kappa shape index (κ2) is 4.29. The van der Waals surface area contributed by atoms with E-state index in [1.54, 1.807) is 13.0 Å². The molecular formula is C12H16BBrFNO2. The fourth-order valence-electron chi connectivity index (χ4n) is 1.70. The molecule has 0 atom stereocenters. The van der Waals surface area contributed by atoms with Crippen LogP contribution in [0.1, 0.15) is 33.4 Å². The van der Waals surface area contributed by atoms with Crippen molar-refractivity contribution < 1.29 is 13.7 Å². The third kappa shape index (κ3) is 2.21. The summed E-state index contributed by atoms with van der Waals surface area (Å²) in [6.07, 6.45) is 0. The molecule has 1 aliphatic heterocycles. The summed E-state index contributed by atoms with van der Waals surface area (Å²) < 4.78 is 26.2. The minimum atomic E-state index is -0.723. The van der Waals surface area contributed by atoms with E-state index in [0.717, 1.165) is 4.47 Å². The number of nitrogens with zero attached hydrogens (tertiary/aromatic N) is 1. The molecule has 18 heavy (non-hydrogen) atoms. The zero-order valence-electron chi connectivity index (χ0n) is 11.2. The van der Waals surface area contributed by atoms with E-state index in [1.807, 2.05) is 27.7 Å². The van der Waals surface area contributed by atoms with E-state index < -0.39 is 24.3 Å². The molecule has 0 saturated carbocycles. The van der Waals surface area contributed by atoms with Crippen LogP contribution in [0.4, 0.5) is 4.39 Å². The first-order chi connectivity index (χ1) is 8.14. The van der Waals surface area contributed by atoms with Crippen molar-refractivity contribution in [2.75, 3.05) is 0 Å². The highest BCUT2D eigenvalue weighted by Crippen LogP contribution is 2.36. The van der Waals surface area contributed by atoms with Crippen LogP contribution in [-0.4, -0.2) is 23.3 Å². The Morgan fingerprint density at radius 1 is 1.22 bits per heavy atom. The molecule has 0 N–H and O–H groups in total. The fourth-order valence-corrected chi connectivity index (χ4v) is 2.04. The summed E-state index contributed by atoms with van der Waals surface area (Å²) in [4.78, 5) is 3.84. The highest BCUT2D eigenvalue weighted by Gasteiger charge is 2.52. The Balaban J connectivity index is 2.38. The molecule has 0 radical (unpaired) electrons. The van der Waals surface area contributed by atoms with Gasteiger partial charge in [0.1, 0.15) is 0 Å². The first-order valence-corrected chi connectivity index (χ1v) is 6.61. The smallest absolute Gasteiger partial charge is 0.399 e. The van der Waals surface area contributed by atoms with E-state index in [-0.39, 0.29) is 0 Å². The summed E-state index contributed by atoms with van der Waals surface area (Å²) in [7, 11) is -0.723. The van der Waals surface area contributed by atoms with Gasteiger partial charge in [-0.25, -0.2) is 4.98 Å². The molecule has 1 aromatic rings. The molecular weight excluding hydrogens is 300 g/mol. The predicted octanol–water partition coefficient (Wildman–Crippen LogP) is 2.59. The third-order valence-electron chi connectivity index (χ3n) is 3.64. The lowest BCUT2D eigenvalue weighted by atomic mass is 9.80. The Morgan fingerprint density at radius 3 is 2.22 bits per heavy atom. The lowest BCUT2D eigenvalue weighted by Gasteiger charge is -2.32. The minimum absolute atomic E-state index is 0.325. The molecule has 0 aliphatic carbocycles. The molecule has 0 spiro atoms. The normalized spacial score (nSPS) is 21.4. The molecule has 0 bridgehead atoms. The van der Waals surface area contributed by atoms with Crippen molar-refractivity contribution in [3.05, 3.63) is 22.2 Å². The summed E-state index contributed by atoms with van der Waals surface area (Å²) in [5.41, 5.74) is -0.0398. The van der Waals surface area contributed by atoms with Gasteiger partial charge < -0.3 is 9.31 Å². The topological polar surface area (TPSA) is 31.4 Å². The predicted molar refractivity (Wildman–Crippen MR) is 72.3 cm³/mol. The van der Waals surface area contributed by atoms with Crippen LogP contribution in [0.2, 0.25) is 0 Å². The van der Waals surface area contributed by atoms with Gasteiger partial charge in [-0.1, -0.05) is 0 Å². The Labute approximate surface area is 115 Å². The van der Waals surface area contributed by atoms with Crippen LogP contribution < -0.4 is 5.46 Å². The van der Waals surface area contributed by atoms with E-state index in [4.69, 9.17) is 9.31 Å². The van der Waals surface area contributed by atoms with Gasteiger partial charge in [0.2, 0.25) is 5.95 Å². The van der Waals surface area contributed by atoms with Gasteiger partial charge in [0, 0.05) is 9.94 Å². The minimum Gasteiger partial charge on any atom is -0.399 e. The summed E-state index contributed by atoms with van der Waals surface area (Å²) in [6, 6.07) is 1.67. The Hall–Kier alpha value is -0.455. The fraction of sp³-hybridized carbons (Fsp3) is 0.583. The Kier molecular flexibility index (Phi) is 3.32. The summed E-state index contributed by atoms with van der Waals surface area (Å²) in [5, 5.41) is 0. The first-order valence-electron chi connectivity index (χ1n) is 5.82. The first kappa shape index (κ1) is 14.0. The second-order valence-electron chi connectivity index (χ2n) is 5.52. The molecule has 1 aliphatic rings. The van der Waals surface area contributed by atoms with Gasteiger partial charge in [-0.15, -0.1) is 0 Å². The molecule has 1 fully saturated rings. The van der Waals surface area contributed by atoms with Crippen LogP contribution in [0, 0.1) is 12.9 Å². The molecule has 0 aromatic carbocycles. The zero-order valence-corrected chi connectivity index (χ0v) is 12.8. The lowest BCUT2D eigenvalue weighted by molar-refractivity contribution is 0.00578. The van der Waals surface area contributed by atoms with Crippen LogP contribution in [0.3, 0.4) is 0 Å². The zero-order chi connectivity index (χ0) is 13.7. The van der Waals surface area contributed by atoms with E-state index in [0.29, 0.717) is 11.2 Å². The van der Waals surface area contributed by atoms with Crippen molar-refractivity contribution in [3.8, 4) is 0 Å². The van der Waals surface area contributed by atoms with E-state index in [1.165, 1.54) is 0 Å². The summed E-state index contributed by atoms with van der Waals surface area (Å²) in [6.45, 7) is 9.47. The van der Waals surface area contributed by atoms with E-state index in [2.05, 4.69) is 20.9 Å². The number of hydrogen-bond acceptors (Lipinski definition) is 3. The highest BCUT2D eigenvalue weighted by molar-refractivity contribution is 9.10. The average molecular weight is 316 g/mol. The average Bonchev–Trinajstić information content (AvgIpc) is 2.42. The number of hydrogen-bond donors (Lipinski definition) is 0. The highest BCUT2D eigenvalue weighted by atomic mass is 79.9. The van der Waals surface area contributed by atoms with Gasteiger partial charge in [-0.3, -0.25) is 0 Å². The SMILES string of the molecule is Cc1nc(F)c(B2OC(C)(C)C(C)(C)O2)cc1Br. The van der Waals surface area contributed by atoms with Crippen LogP contribution in [0.25, 0.3) is 0 Å². The molecule has 1 aromatic heterocycles. The van der Waals surface area contributed by atoms with E-state index >= 15 is 0 Å². The quantitative estimate of drug-likeness (QED) is 0.589. The lowest BCUT2D eigenvalue weighted by Crippen LogP contribution is -2.41. The van der Waals surface area contributed by atoms with Gasteiger partial charge in [0.15, 0.2) is 0 Å². The maximum absolute atomic E-state index is 13.9. The molecule has 0 unspecified atom stereocenters. The molecule has 6 heteroatoms. The number of rotatable bonds is 1. The number of aromatic nitrogens is 1. The second-order valence-corrected chi connectivity index (χ2v) is 6.38. The van der Waals surface area contributed by atoms with Gasteiger partial charge in [0.25, 0.3) is 0 Å². The van der Waals surface area contributed by atoms with Crippen molar-refractivity contribution in [2.24, 2.45) is 0 Å². The monoisotopic (exact) mass is 315 g/mol. The molecule has 2 rings (SSSR count). The number of pyridine rings is 1. The van der Waals surface area contributed by atoms with Crippen LogP contribution >= 0.6 is 15.9 Å². The van der Waals surface area contributed by atoms with E-state index in [9.17, 15) is 4.39 Å². The maximum atomic E-state index is 13.9. The molecule has 2 heterocycles. The molecule has 98 valence electrons. The van der Waals surface area contributed by atoms with Gasteiger partial charge in [0.05, 0.1) is 16.9 Å². The van der Waals surface area contributed by atoms with Gasteiger partial charge in [-0.2, -0.15) is 4.39 Å². The summed E-state index contributed by atoms with van der Waals surface area (Å²) >= 11 is 3.34. The number of aryl methyl sites for hydroxylation is 1. The van der Waals surface area contributed by atoms with Crippen LogP contribution in [0.5, 0.6) is 0 Å². The maximum Gasteiger partial charge on any atom is 0.499 e. The third-order valence-corrected chi connectivity index (χ3v) is 4.44. The van der Waals surface area contributed by atoms with Gasteiger partial charge >= 0.3 is 7.12 Å². The molecule has 3 nitrogen and oxygen atoms in total. The molecule has 1 saturated heterocycles. The Morgan fingerprint density at radius 2 is 1.72 bits per heavy atom. The molecule has 0 amide bonds. The Bertz CT molecular complexity index is 477. The largest absolute Gasteiger partial charge is 0.499 e. The van der Waals surface area contributed by atoms with Crippen molar-refractivity contribution >= 4 is 28.5 Å². The van der Waals surface area contributed by atoms with Crippen LogP contribution in [-0.2, 0) is 9.31 Å². The van der Waals surface area contributed by atoms with Crippen molar-refractivity contribution in [1.29, 1.82) is 0 Å². The standard InChI is InChI=1S/C12H16BBrFNO2/c1-7-9(14)6-8(10(15)16-7)13-17-11(2,3)12(4,5)18-13/h6H,1-5H3. The van der Waals surface area contributed by atoms with Gasteiger partial charge in [-0.05, 0) is 56.6 Å².